The van der Waals surface area contributed by atoms with Crippen LogP contribution < -0.4 is 4.74 Å². The molecule has 0 radical (unpaired) electrons. The van der Waals surface area contributed by atoms with E-state index < -0.39 is 54.8 Å². The van der Waals surface area contributed by atoms with Crippen molar-refractivity contribution in [1.82, 2.24) is 4.90 Å². The minimum atomic E-state index is -4.45. The second kappa shape index (κ2) is 10.6. The van der Waals surface area contributed by atoms with Crippen molar-refractivity contribution in [3.63, 3.8) is 0 Å². The summed E-state index contributed by atoms with van der Waals surface area (Å²) < 4.78 is 49.9. The number of nitrogens with zero attached hydrogens (tertiary/aromatic N) is 1. The maximum Gasteiger partial charge on any atom is 0.416 e. The predicted molar refractivity (Wildman–Crippen MR) is 111 cm³/mol. The van der Waals surface area contributed by atoms with Gasteiger partial charge >= 0.3 is 6.18 Å². The minimum Gasteiger partial charge on any atom is -0.486 e. The van der Waals surface area contributed by atoms with E-state index in [1.807, 2.05) is 30.3 Å². The van der Waals surface area contributed by atoms with Crippen molar-refractivity contribution in [2.75, 3.05) is 20.2 Å². The molecule has 33 heavy (non-hydrogen) atoms. The molecule has 5 unspecified atom stereocenters. The zero-order valence-electron chi connectivity index (χ0n) is 17.9. The lowest BCUT2D eigenvalue weighted by atomic mass is 9.99. The molecule has 3 N–H and O–H groups in total. The van der Waals surface area contributed by atoms with Gasteiger partial charge in [-0.15, -0.1) is 0 Å². The summed E-state index contributed by atoms with van der Waals surface area (Å²) in [5.41, 5.74) is 0.0141. The Bertz CT molecular complexity index is 905. The Labute approximate surface area is 189 Å². The summed E-state index contributed by atoms with van der Waals surface area (Å²) in [6.07, 6.45) is -10.1. The Hall–Kier alpha value is -2.50. The van der Waals surface area contributed by atoms with Crippen molar-refractivity contribution < 1.29 is 42.8 Å². The lowest BCUT2D eigenvalue weighted by Gasteiger charge is -2.40. The molecule has 7 nitrogen and oxygen atoms in total. The topological polar surface area (TPSA) is 99.5 Å². The molecule has 0 amide bonds. The van der Waals surface area contributed by atoms with Crippen LogP contribution in [0.1, 0.15) is 23.7 Å². The fourth-order valence-electron chi connectivity index (χ4n) is 3.62. The molecular weight excluding hydrogens is 443 g/mol. The van der Waals surface area contributed by atoms with Gasteiger partial charge in [0.25, 0.3) is 0 Å². The molecule has 3 rings (SSSR count). The van der Waals surface area contributed by atoms with Crippen LogP contribution in [0.15, 0.2) is 54.6 Å². The van der Waals surface area contributed by atoms with E-state index in [-0.39, 0.29) is 12.3 Å². The normalized spacial score (nSPS) is 24.7. The molecule has 2 aromatic carbocycles. The van der Waals surface area contributed by atoms with E-state index >= 15 is 0 Å². The van der Waals surface area contributed by atoms with Crippen molar-refractivity contribution in [3.05, 3.63) is 65.7 Å². The first kappa shape index (κ1) is 25.1. The first-order valence-electron chi connectivity index (χ1n) is 10.4. The van der Waals surface area contributed by atoms with Crippen LogP contribution >= 0.6 is 0 Å². The third kappa shape index (κ3) is 6.10. The van der Waals surface area contributed by atoms with Gasteiger partial charge in [-0.25, -0.2) is 0 Å². The smallest absolute Gasteiger partial charge is 0.416 e. The molecule has 1 heterocycles. The number of benzene rings is 2. The highest BCUT2D eigenvalue weighted by molar-refractivity contribution is 5.88. The van der Waals surface area contributed by atoms with Gasteiger partial charge in [0.1, 0.15) is 36.4 Å². The van der Waals surface area contributed by atoms with Gasteiger partial charge in [-0.3, -0.25) is 9.69 Å². The number of alkyl halides is 3. The summed E-state index contributed by atoms with van der Waals surface area (Å²) in [7, 11) is 1.62. The van der Waals surface area contributed by atoms with Crippen LogP contribution in [0.2, 0.25) is 0 Å². The fraction of sp³-hybridized carbons (Fsp3) is 0.435. The summed E-state index contributed by atoms with van der Waals surface area (Å²) in [4.78, 5) is 13.4. The van der Waals surface area contributed by atoms with Gasteiger partial charge < -0.3 is 24.8 Å². The molecule has 5 atom stereocenters. The molecule has 0 saturated carbocycles. The molecule has 0 bridgehead atoms. The number of carbonyl (C=O) groups excluding carboxylic acids is 1. The number of aliphatic hydroxyl groups is 3. The van der Waals surface area contributed by atoms with Gasteiger partial charge in [0.05, 0.1) is 12.2 Å². The number of carbonyl (C=O) groups is 1. The number of hydrogen-bond acceptors (Lipinski definition) is 7. The average molecular weight is 469 g/mol. The molecule has 10 heteroatoms. The number of Topliss-reactive ketones (excluding diaryl/α,β-unsaturated/α-hetero) is 1. The first-order chi connectivity index (χ1) is 15.6. The van der Waals surface area contributed by atoms with E-state index in [2.05, 4.69) is 0 Å². The van der Waals surface area contributed by atoms with Crippen LogP contribution in [0.3, 0.4) is 0 Å². The van der Waals surface area contributed by atoms with Crippen LogP contribution in [-0.2, 0) is 15.7 Å². The van der Waals surface area contributed by atoms with E-state index in [1.165, 1.54) is 12.1 Å². The highest BCUT2D eigenvalue weighted by Crippen LogP contribution is 2.32. The molecule has 1 saturated heterocycles. The monoisotopic (exact) mass is 469 g/mol. The molecule has 1 aliphatic rings. The molecule has 0 spiro atoms. The Morgan fingerprint density at radius 3 is 2.30 bits per heavy atom. The van der Waals surface area contributed by atoms with E-state index in [4.69, 9.17) is 9.47 Å². The van der Waals surface area contributed by atoms with Crippen LogP contribution in [0.5, 0.6) is 5.75 Å². The van der Waals surface area contributed by atoms with Crippen molar-refractivity contribution in [1.29, 1.82) is 0 Å². The third-order valence-electron chi connectivity index (χ3n) is 5.50. The standard InChI is InChI=1S/C23H26F3NO6/c1-27(22-21(31)20(30)19(29)18(13-28)33-22)12-11-17(14-5-3-2-4-6-14)32-16-9-7-15(8-10-16)23(24,25)26/h2-10,17-18,20-22,28,30-31H,11-13H2,1H3. The summed E-state index contributed by atoms with van der Waals surface area (Å²) in [5.74, 6) is -0.530. The van der Waals surface area contributed by atoms with Gasteiger partial charge in [-0.1, -0.05) is 30.3 Å². The highest BCUT2D eigenvalue weighted by atomic mass is 19.4. The second-order valence-electron chi connectivity index (χ2n) is 7.84. The molecule has 1 aliphatic heterocycles. The quantitative estimate of drug-likeness (QED) is 0.545. The highest BCUT2D eigenvalue weighted by Gasteiger charge is 2.44. The molecule has 1 fully saturated rings. The largest absolute Gasteiger partial charge is 0.486 e. The third-order valence-corrected chi connectivity index (χ3v) is 5.50. The maximum absolute atomic E-state index is 12.8. The number of hydrogen-bond donors (Lipinski definition) is 3. The van der Waals surface area contributed by atoms with Crippen LogP contribution in [0.4, 0.5) is 13.2 Å². The van der Waals surface area contributed by atoms with Crippen LogP contribution in [0.25, 0.3) is 0 Å². The Morgan fingerprint density at radius 2 is 1.73 bits per heavy atom. The van der Waals surface area contributed by atoms with Gasteiger partial charge in [0.2, 0.25) is 0 Å². The Kier molecular flexibility index (Phi) is 8.09. The summed E-state index contributed by atoms with van der Waals surface area (Å²) in [6, 6.07) is 13.5. The zero-order valence-corrected chi connectivity index (χ0v) is 17.9. The molecule has 0 aromatic heterocycles. The Morgan fingerprint density at radius 1 is 1.09 bits per heavy atom. The number of likely N-dealkylation sites (N-methyl/N-ethyl adjacent to an activating group) is 1. The summed E-state index contributed by atoms with van der Waals surface area (Å²) >= 11 is 0. The van der Waals surface area contributed by atoms with Crippen LogP contribution in [0, 0.1) is 0 Å². The van der Waals surface area contributed by atoms with E-state index in [9.17, 15) is 33.3 Å². The van der Waals surface area contributed by atoms with Crippen molar-refractivity contribution in [2.45, 2.75) is 43.2 Å². The van der Waals surface area contributed by atoms with Crippen molar-refractivity contribution in [3.8, 4) is 5.75 Å². The zero-order chi connectivity index (χ0) is 24.2. The maximum atomic E-state index is 12.8. The fourth-order valence-corrected chi connectivity index (χ4v) is 3.62. The van der Waals surface area contributed by atoms with Gasteiger partial charge in [0.15, 0.2) is 5.78 Å². The van der Waals surface area contributed by atoms with Gasteiger partial charge in [-0.05, 0) is 36.9 Å². The van der Waals surface area contributed by atoms with Crippen molar-refractivity contribution in [2.24, 2.45) is 0 Å². The molecule has 2 aromatic rings. The lowest BCUT2D eigenvalue weighted by Crippen LogP contribution is -2.60. The van der Waals surface area contributed by atoms with E-state index in [0.717, 1.165) is 17.7 Å². The predicted octanol–water partition coefficient (Wildman–Crippen LogP) is 2.16. The van der Waals surface area contributed by atoms with E-state index in [0.29, 0.717) is 6.42 Å². The Balaban J connectivity index is 1.71. The summed E-state index contributed by atoms with van der Waals surface area (Å²) in [6.45, 7) is -0.350. The lowest BCUT2D eigenvalue weighted by molar-refractivity contribution is -0.215. The number of aliphatic hydroxyl groups excluding tert-OH is 3. The molecule has 180 valence electrons. The number of ether oxygens (including phenoxy) is 2. The number of halogens is 3. The minimum absolute atomic E-state index is 0.259. The molecular formula is C23H26F3NO6. The van der Waals surface area contributed by atoms with Gasteiger partial charge in [0, 0.05) is 13.0 Å². The van der Waals surface area contributed by atoms with Crippen molar-refractivity contribution >= 4 is 5.78 Å². The van der Waals surface area contributed by atoms with Gasteiger partial charge in [-0.2, -0.15) is 13.2 Å². The number of rotatable bonds is 8. The second-order valence-corrected chi connectivity index (χ2v) is 7.84. The SMILES string of the molecule is CN(CCC(Oc1ccc(C(F)(F)F)cc1)c1ccccc1)C1OC(CO)C(=O)C(O)C1O. The number of ketones is 1. The average Bonchev–Trinajstić information content (AvgIpc) is 2.80. The van der Waals surface area contributed by atoms with Crippen LogP contribution in [-0.4, -0.2) is 70.7 Å². The summed E-state index contributed by atoms with van der Waals surface area (Å²) in [5, 5.41) is 29.6. The molecule has 0 aliphatic carbocycles. The van der Waals surface area contributed by atoms with E-state index in [1.54, 1.807) is 11.9 Å². The first-order valence-corrected chi connectivity index (χ1v) is 10.4.